The van der Waals surface area contributed by atoms with Crippen molar-refractivity contribution in [3.8, 4) is 89.8 Å². The quantitative estimate of drug-likeness (QED) is 0.143. The number of benzene rings is 10. The molecule has 2 heterocycles. The molecule has 0 amide bonds. The maximum absolute atomic E-state index is 5.63. The number of aromatic nitrogens is 3. The molecule has 0 aliphatic heterocycles. The van der Waals surface area contributed by atoms with Crippen LogP contribution in [-0.4, -0.2) is 15.0 Å². The van der Waals surface area contributed by atoms with Gasteiger partial charge in [-0.25, -0.2) is 15.0 Å². The van der Waals surface area contributed by atoms with Gasteiger partial charge in [-0.15, -0.1) is 0 Å². The molecule has 0 radical (unpaired) electrons. The molecule has 0 bridgehead atoms. The largest absolute Gasteiger partial charge is 0.246 e. The van der Waals surface area contributed by atoms with Crippen LogP contribution in [0.3, 0.4) is 0 Å². The fraction of sp³-hybridized carbons (Fsp3) is 0. The Balaban J connectivity index is 1.08. The lowest BCUT2D eigenvalue weighted by molar-refractivity contribution is 1.18. The second-order valence-corrected chi connectivity index (χ2v) is 16.7. The van der Waals surface area contributed by atoms with Crippen molar-refractivity contribution >= 4 is 32.3 Å². The summed E-state index contributed by atoms with van der Waals surface area (Å²) in [5, 5.41) is 7.36. The van der Waals surface area contributed by atoms with E-state index in [-0.39, 0.29) is 0 Å². The van der Waals surface area contributed by atoms with Crippen molar-refractivity contribution in [3.63, 3.8) is 0 Å². The third-order valence-electron chi connectivity index (χ3n) is 12.7. The monoisotopic (exact) mass is 839 g/mol. The summed E-state index contributed by atoms with van der Waals surface area (Å²) < 4.78 is 0. The van der Waals surface area contributed by atoms with Crippen molar-refractivity contribution in [1.82, 2.24) is 15.0 Å². The topological polar surface area (TPSA) is 38.7 Å². The van der Waals surface area contributed by atoms with Crippen molar-refractivity contribution < 1.29 is 0 Å². The van der Waals surface area contributed by atoms with E-state index in [9.17, 15) is 0 Å². The van der Waals surface area contributed by atoms with E-state index in [0.29, 0.717) is 5.82 Å². The maximum Gasteiger partial charge on any atom is 0.160 e. The molecule has 0 saturated carbocycles. The van der Waals surface area contributed by atoms with Gasteiger partial charge in [0.15, 0.2) is 5.82 Å². The Labute approximate surface area is 384 Å². The normalized spacial score (nSPS) is 11.3. The van der Waals surface area contributed by atoms with Gasteiger partial charge >= 0.3 is 0 Å². The van der Waals surface area contributed by atoms with Gasteiger partial charge in [0, 0.05) is 44.5 Å². The number of rotatable bonds is 8. The molecule has 12 aromatic rings. The van der Waals surface area contributed by atoms with Gasteiger partial charge in [-0.2, -0.15) is 0 Å². The highest BCUT2D eigenvalue weighted by atomic mass is 14.9. The molecule has 308 valence electrons. The molecule has 12 rings (SSSR count). The molecular weight excluding hydrogens is 799 g/mol. The fourth-order valence-corrected chi connectivity index (χ4v) is 9.59. The van der Waals surface area contributed by atoms with Crippen LogP contribution in [0.15, 0.2) is 249 Å². The number of hydrogen-bond acceptors (Lipinski definition) is 3. The smallest absolute Gasteiger partial charge is 0.160 e. The highest BCUT2D eigenvalue weighted by Crippen LogP contribution is 2.49. The van der Waals surface area contributed by atoms with Crippen molar-refractivity contribution in [2.45, 2.75) is 0 Å². The molecule has 66 heavy (non-hydrogen) atoms. The van der Waals surface area contributed by atoms with Gasteiger partial charge in [-0.1, -0.05) is 237 Å². The summed E-state index contributed by atoms with van der Waals surface area (Å²) >= 11 is 0. The summed E-state index contributed by atoms with van der Waals surface area (Å²) in [5.41, 5.74) is 15.3. The van der Waals surface area contributed by atoms with E-state index in [0.717, 1.165) is 84.0 Å². The molecule has 0 aliphatic carbocycles. The molecule has 0 fully saturated rings. The van der Waals surface area contributed by atoms with Gasteiger partial charge in [0.25, 0.3) is 0 Å². The van der Waals surface area contributed by atoms with Crippen LogP contribution in [-0.2, 0) is 0 Å². The zero-order chi connectivity index (χ0) is 43.8. The van der Waals surface area contributed by atoms with Crippen LogP contribution in [0.1, 0.15) is 0 Å². The summed E-state index contributed by atoms with van der Waals surface area (Å²) in [6.07, 6.45) is 0. The SMILES string of the molecule is c1ccc(-c2cc(-c3ccc(-c4c(-c5ccccc5)c(-c5ccccc5)nc(-c5ccccc5)c4-c4ccccc4)cc3)nc(-c3ccc4c5ccccc5c5ccccc5c4c3)n2)cc1. The first kappa shape index (κ1) is 38.9. The van der Waals surface area contributed by atoms with E-state index in [1.165, 1.54) is 32.3 Å². The lowest BCUT2D eigenvalue weighted by Gasteiger charge is -2.23. The van der Waals surface area contributed by atoms with Crippen molar-refractivity contribution in [3.05, 3.63) is 249 Å². The Morgan fingerprint density at radius 2 is 0.515 bits per heavy atom. The molecule has 0 aliphatic rings. The average molecular weight is 840 g/mol. The Morgan fingerprint density at radius 1 is 0.197 bits per heavy atom. The minimum atomic E-state index is 0.682. The lowest BCUT2D eigenvalue weighted by atomic mass is 9.83. The van der Waals surface area contributed by atoms with E-state index in [1.807, 2.05) is 6.07 Å². The van der Waals surface area contributed by atoms with Gasteiger partial charge < -0.3 is 0 Å². The van der Waals surface area contributed by atoms with Gasteiger partial charge in [0.05, 0.1) is 22.8 Å². The summed E-state index contributed by atoms with van der Waals surface area (Å²) in [6, 6.07) is 88.1. The predicted molar refractivity (Wildman–Crippen MR) is 276 cm³/mol. The summed E-state index contributed by atoms with van der Waals surface area (Å²) in [5.74, 6) is 0.682. The Morgan fingerprint density at radius 3 is 0.970 bits per heavy atom. The molecular formula is C63H41N3. The molecule has 2 aromatic heterocycles. The third kappa shape index (κ3) is 7.00. The van der Waals surface area contributed by atoms with Crippen LogP contribution in [0.25, 0.3) is 122 Å². The van der Waals surface area contributed by atoms with Crippen LogP contribution < -0.4 is 0 Å². The van der Waals surface area contributed by atoms with E-state index >= 15 is 0 Å². The van der Waals surface area contributed by atoms with E-state index in [2.05, 4.69) is 243 Å². The Hall–Kier alpha value is -8.79. The molecule has 10 aromatic carbocycles. The number of fused-ring (bicyclic) bond motifs is 6. The molecule has 0 saturated heterocycles. The first-order valence-electron chi connectivity index (χ1n) is 22.4. The lowest BCUT2D eigenvalue weighted by Crippen LogP contribution is -2.01. The number of nitrogens with zero attached hydrogens (tertiary/aromatic N) is 3. The van der Waals surface area contributed by atoms with Crippen molar-refractivity contribution in [1.29, 1.82) is 0 Å². The van der Waals surface area contributed by atoms with Crippen LogP contribution in [0, 0.1) is 0 Å². The van der Waals surface area contributed by atoms with Gasteiger partial charge in [-0.3, -0.25) is 0 Å². The Bertz CT molecular complexity index is 3570. The van der Waals surface area contributed by atoms with E-state index in [1.54, 1.807) is 0 Å². The molecule has 0 N–H and O–H groups in total. The van der Waals surface area contributed by atoms with Crippen molar-refractivity contribution in [2.24, 2.45) is 0 Å². The predicted octanol–water partition coefficient (Wildman–Crippen LogP) is 16.7. The summed E-state index contributed by atoms with van der Waals surface area (Å²) in [6.45, 7) is 0. The standard InChI is InChI=1S/C63H41N3/c1-6-20-42(21-7-1)56-41-57(65-63(64-56)49-38-39-54-52-32-17-16-30-50(52)51-31-18-19-33-53(51)55(54)40-49)43-34-36-46(37-35-43)58-59(44-22-8-2-9-23-44)61(47-26-12-4-13-27-47)66-62(48-28-14-5-15-29-48)60(58)45-24-10-3-11-25-45/h1-41H. The van der Waals surface area contributed by atoms with Crippen LogP contribution in [0.2, 0.25) is 0 Å². The van der Waals surface area contributed by atoms with E-state index in [4.69, 9.17) is 15.0 Å². The van der Waals surface area contributed by atoms with Crippen LogP contribution >= 0.6 is 0 Å². The minimum Gasteiger partial charge on any atom is -0.246 e. The molecule has 0 spiro atoms. The highest BCUT2D eigenvalue weighted by molar-refractivity contribution is 6.25. The summed E-state index contributed by atoms with van der Waals surface area (Å²) in [4.78, 5) is 16.3. The van der Waals surface area contributed by atoms with E-state index < -0.39 is 0 Å². The fourth-order valence-electron chi connectivity index (χ4n) is 9.59. The maximum atomic E-state index is 5.63. The molecule has 3 heteroatoms. The molecule has 3 nitrogen and oxygen atoms in total. The molecule has 0 unspecified atom stereocenters. The van der Waals surface area contributed by atoms with Gasteiger partial charge in [0.2, 0.25) is 0 Å². The number of hydrogen-bond donors (Lipinski definition) is 0. The second-order valence-electron chi connectivity index (χ2n) is 16.7. The van der Waals surface area contributed by atoms with Crippen LogP contribution in [0.4, 0.5) is 0 Å². The summed E-state index contributed by atoms with van der Waals surface area (Å²) in [7, 11) is 0. The number of pyridine rings is 1. The van der Waals surface area contributed by atoms with Gasteiger partial charge in [-0.05, 0) is 61.1 Å². The zero-order valence-electron chi connectivity index (χ0n) is 36.0. The average Bonchev–Trinajstić information content (AvgIpc) is 3.41. The Kier molecular flexibility index (Phi) is 9.85. The highest BCUT2D eigenvalue weighted by Gasteiger charge is 2.25. The minimum absolute atomic E-state index is 0.682. The first-order chi connectivity index (χ1) is 32.7. The van der Waals surface area contributed by atoms with Crippen molar-refractivity contribution in [2.75, 3.05) is 0 Å². The van der Waals surface area contributed by atoms with Crippen LogP contribution in [0.5, 0.6) is 0 Å². The van der Waals surface area contributed by atoms with Gasteiger partial charge in [0.1, 0.15) is 0 Å². The third-order valence-corrected chi connectivity index (χ3v) is 12.7. The zero-order valence-corrected chi connectivity index (χ0v) is 36.0. The second kappa shape index (κ2) is 16.7. The molecule has 0 atom stereocenters. The first-order valence-corrected chi connectivity index (χ1v) is 22.4.